The van der Waals surface area contributed by atoms with Crippen molar-refractivity contribution in [1.82, 2.24) is 14.5 Å². The lowest BCUT2D eigenvalue weighted by Gasteiger charge is -2.26. The monoisotopic (exact) mass is 363 g/mol. The zero-order valence-corrected chi connectivity index (χ0v) is 15.5. The lowest BCUT2D eigenvalue weighted by atomic mass is 10.1. The summed E-state index contributed by atoms with van der Waals surface area (Å²) < 4.78 is 7.61. The van der Waals surface area contributed by atoms with E-state index < -0.39 is 0 Å². The first-order chi connectivity index (χ1) is 13.3. The van der Waals surface area contributed by atoms with Crippen LogP contribution >= 0.6 is 0 Å². The summed E-state index contributed by atoms with van der Waals surface area (Å²) in [6, 6.07) is 12.4. The van der Waals surface area contributed by atoms with Crippen LogP contribution < -0.4 is 0 Å². The maximum Gasteiger partial charge on any atom is 0.256 e. The third kappa shape index (κ3) is 4.03. The molecule has 0 aliphatic carbocycles. The van der Waals surface area contributed by atoms with Gasteiger partial charge in [0.25, 0.3) is 5.91 Å². The van der Waals surface area contributed by atoms with Crippen molar-refractivity contribution >= 4 is 16.8 Å². The van der Waals surface area contributed by atoms with Gasteiger partial charge in [0.05, 0.1) is 18.8 Å². The fourth-order valence-corrected chi connectivity index (χ4v) is 3.70. The van der Waals surface area contributed by atoms with Crippen LogP contribution in [0.4, 0.5) is 0 Å². The molecule has 0 N–H and O–H groups in total. The van der Waals surface area contributed by atoms with Gasteiger partial charge in [-0.25, -0.2) is 0 Å². The molecule has 5 nitrogen and oxygen atoms in total. The van der Waals surface area contributed by atoms with Crippen molar-refractivity contribution in [3.8, 4) is 0 Å². The zero-order chi connectivity index (χ0) is 18.5. The van der Waals surface area contributed by atoms with Crippen molar-refractivity contribution in [2.75, 3.05) is 26.3 Å². The van der Waals surface area contributed by atoms with Crippen LogP contribution in [0.25, 0.3) is 10.9 Å². The second-order valence-electron chi connectivity index (χ2n) is 6.97. The molecule has 1 amide bonds. The van der Waals surface area contributed by atoms with Crippen LogP contribution in [0.3, 0.4) is 0 Å². The number of aryl methyl sites for hydroxylation is 2. The second-order valence-corrected chi connectivity index (χ2v) is 6.97. The maximum absolute atomic E-state index is 13.0. The first-order valence-corrected chi connectivity index (χ1v) is 9.67. The van der Waals surface area contributed by atoms with Gasteiger partial charge in [-0.05, 0) is 43.0 Å². The number of benzene rings is 1. The van der Waals surface area contributed by atoms with E-state index in [1.165, 1.54) is 5.56 Å². The molecule has 1 saturated heterocycles. The van der Waals surface area contributed by atoms with E-state index in [9.17, 15) is 4.79 Å². The molecule has 0 bridgehead atoms. The summed E-state index contributed by atoms with van der Waals surface area (Å²) in [7, 11) is 0. The Kier molecular flexibility index (Phi) is 5.49. The molecule has 4 rings (SSSR count). The van der Waals surface area contributed by atoms with E-state index in [0.29, 0.717) is 26.3 Å². The summed E-state index contributed by atoms with van der Waals surface area (Å²) in [5.74, 6) is 0.116. The highest BCUT2D eigenvalue weighted by atomic mass is 16.5. The number of ether oxygens (including phenoxy) is 1. The molecule has 0 atom stereocenters. The minimum Gasteiger partial charge on any atom is -0.378 e. The molecule has 0 saturated carbocycles. The standard InChI is InChI=1S/C22H25N3O2/c26-22(24-13-15-27-16-14-24)20-17-25(21-7-2-1-6-19(20)21)12-4-3-5-18-8-10-23-11-9-18/h1-2,6-11,17H,3-5,12-16H2. The highest BCUT2D eigenvalue weighted by Crippen LogP contribution is 2.24. The number of carbonyl (C=O) groups excluding carboxylic acids is 1. The molecular weight excluding hydrogens is 338 g/mol. The summed E-state index contributed by atoms with van der Waals surface area (Å²) in [6.45, 7) is 3.51. The first kappa shape index (κ1) is 17.7. The SMILES string of the molecule is O=C(c1cn(CCCCc2ccncc2)c2ccccc12)N1CCOCC1. The summed E-state index contributed by atoms with van der Waals surface area (Å²) in [4.78, 5) is 19.0. The van der Waals surface area contributed by atoms with E-state index in [1.807, 2.05) is 35.6 Å². The van der Waals surface area contributed by atoms with Gasteiger partial charge in [-0.1, -0.05) is 18.2 Å². The average Bonchev–Trinajstić information content (AvgIpc) is 3.11. The van der Waals surface area contributed by atoms with Gasteiger partial charge in [-0.2, -0.15) is 0 Å². The molecule has 2 aromatic heterocycles. The number of hydrogen-bond donors (Lipinski definition) is 0. The van der Waals surface area contributed by atoms with Crippen molar-refractivity contribution in [2.24, 2.45) is 0 Å². The van der Waals surface area contributed by atoms with Crippen LogP contribution in [-0.2, 0) is 17.7 Å². The number of pyridine rings is 1. The lowest BCUT2D eigenvalue weighted by Crippen LogP contribution is -2.40. The van der Waals surface area contributed by atoms with Crippen LogP contribution in [0, 0.1) is 0 Å². The van der Waals surface area contributed by atoms with E-state index in [2.05, 4.69) is 33.8 Å². The molecule has 3 heterocycles. The number of para-hydroxylation sites is 1. The predicted octanol–water partition coefficient (Wildman–Crippen LogP) is 3.53. The van der Waals surface area contributed by atoms with E-state index in [1.54, 1.807) is 0 Å². The molecule has 0 radical (unpaired) electrons. The number of hydrogen-bond acceptors (Lipinski definition) is 3. The Morgan fingerprint density at radius 2 is 1.81 bits per heavy atom. The molecule has 1 aliphatic rings. The third-order valence-corrected chi connectivity index (χ3v) is 5.18. The van der Waals surface area contributed by atoms with Gasteiger partial charge in [-0.15, -0.1) is 0 Å². The van der Waals surface area contributed by atoms with Crippen molar-refractivity contribution in [3.63, 3.8) is 0 Å². The topological polar surface area (TPSA) is 47.4 Å². The summed E-state index contributed by atoms with van der Waals surface area (Å²) in [5, 5.41) is 1.04. The van der Waals surface area contributed by atoms with Crippen molar-refractivity contribution < 1.29 is 9.53 Å². The smallest absolute Gasteiger partial charge is 0.256 e. The minimum atomic E-state index is 0.116. The van der Waals surface area contributed by atoms with Gasteiger partial charge >= 0.3 is 0 Å². The Hall–Kier alpha value is -2.66. The average molecular weight is 363 g/mol. The largest absolute Gasteiger partial charge is 0.378 e. The fraction of sp³-hybridized carbons (Fsp3) is 0.364. The molecule has 27 heavy (non-hydrogen) atoms. The minimum absolute atomic E-state index is 0.116. The summed E-state index contributed by atoms with van der Waals surface area (Å²) in [6.07, 6.45) is 8.97. The normalized spacial score (nSPS) is 14.6. The Labute approximate surface area is 159 Å². The van der Waals surface area contributed by atoms with E-state index >= 15 is 0 Å². The van der Waals surface area contributed by atoms with Gasteiger partial charge in [0.2, 0.25) is 0 Å². The zero-order valence-electron chi connectivity index (χ0n) is 15.5. The second kappa shape index (κ2) is 8.35. The molecule has 0 spiro atoms. The predicted molar refractivity (Wildman–Crippen MR) is 106 cm³/mol. The highest BCUT2D eigenvalue weighted by Gasteiger charge is 2.22. The van der Waals surface area contributed by atoms with Gasteiger partial charge in [-0.3, -0.25) is 9.78 Å². The molecular formula is C22H25N3O2. The lowest BCUT2D eigenvalue weighted by molar-refractivity contribution is 0.0304. The van der Waals surface area contributed by atoms with Gasteiger partial charge in [0.1, 0.15) is 0 Å². The highest BCUT2D eigenvalue weighted by molar-refractivity contribution is 6.07. The van der Waals surface area contributed by atoms with E-state index in [4.69, 9.17) is 4.74 Å². The number of nitrogens with zero attached hydrogens (tertiary/aromatic N) is 3. The number of carbonyl (C=O) groups is 1. The Balaban J connectivity index is 1.47. The molecule has 0 unspecified atom stereocenters. The molecule has 5 heteroatoms. The van der Waals surface area contributed by atoms with Crippen molar-refractivity contribution in [2.45, 2.75) is 25.8 Å². The number of amides is 1. The quantitative estimate of drug-likeness (QED) is 0.630. The van der Waals surface area contributed by atoms with Crippen molar-refractivity contribution in [3.05, 3.63) is 66.1 Å². The number of unbranched alkanes of at least 4 members (excludes halogenated alkanes) is 1. The maximum atomic E-state index is 13.0. The molecule has 1 aromatic carbocycles. The molecule has 140 valence electrons. The van der Waals surface area contributed by atoms with Gasteiger partial charge < -0.3 is 14.2 Å². The Morgan fingerprint density at radius 3 is 2.63 bits per heavy atom. The van der Waals surface area contributed by atoms with Crippen LogP contribution in [-0.4, -0.2) is 46.7 Å². The van der Waals surface area contributed by atoms with Crippen LogP contribution in [0.5, 0.6) is 0 Å². The van der Waals surface area contributed by atoms with Crippen molar-refractivity contribution in [1.29, 1.82) is 0 Å². The van der Waals surface area contributed by atoms with Crippen LogP contribution in [0.2, 0.25) is 0 Å². The first-order valence-electron chi connectivity index (χ1n) is 9.67. The molecule has 1 aliphatic heterocycles. The summed E-state index contributed by atoms with van der Waals surface area (Å²) in [5.41, 5.74) is 3.27. The number of fused-ring (bicyclic) bond motifs is 1. The fourth-order valence-electron chi connectivity index (χ4n) is 3.70. The Morgan fingerprint density at radius 1 is 1.04 bits per heavy atom. The number of rotatable bonds is 6. The van der Waals surface area contributed by atoms with Crippen LogP contribution in [0.1, 0.15) is 28.8 Å². The molecule has 3 aromatic rings. The van der Waals surface area contributed by atoms with E-state index in [0.717, 1.165) is 42.3 Å². The van der Waals surface area contributed by atoms with Crippen LogP contribution in [0.15, 0.2) is 55.0 Å². The number of morpholine rings is 1. The third-order valence-electron chi connectivity index (χ3n) is 5.18. The van der Waals surface area contributed by atoms with Gasteiger partial charge in [0, 0.05) is 49.1 Å². The molecule has 1 fully saturated rings. The number of aromatic nitrogens is 2. The van der Waals surface area contributed by atoms with E-state index in [-0.39, 0.29) is 5.91 Å². The summed E-state index contributed by atoms with van der Waals surface area (Å²) >= 11 is 0. The Bertz CT molecular complexity index is 898. The van der Waals surface area contributed by atoms with Gasteiger partial charge in [0.15, 0.2) is 0 Å².